The SMILES string of the molecule is CC1CCC(C(C)C)C(CO)(Nc2cccc(F)c2)C1. The second-order valence-electron chi connectivity index (χ2n) is 6.69. The van der Waals surface area contributed by atoms with E-state index in [9.17, 15) is 9.50 Å². The smallest absolute Gasteiger partial charge is 0.125 e. The Bertz CT molecular complexity index is 448. The number of aliphatic hydroxyl groups is 1. The molecule has 0 saturated heterocycles. The highest BCUT2D eigenvalue weighted by Gasteiger charge is 2.43. The molecule has 0 amide bonds. The molecular weight excluding hydrogens is 253 g/mol. The number of halogens is 1. The molecule has 1 aliphatic rings. The van der Waals surface area contributed by atoms with Crippen molar-refractivity contribution in [2.45, 2.75) is 45.6 Å². The Labute approximate surface area is 121 Å². The van der Waals surface area contributed by atoms with E-state index in [4.69, 9.17) is 0 Å². The Kier molecular flexibility index (Phi) is 4.69. The zero-order chi connectivity index (χ0) is 14.8. The van der Waals surface area contributed by atoms with E-state index in [0.717, 1.165) is 18.5 Å². The lowest BCUT2D eigenvalue weighted by Crippen LogP contribution is -2.54. The lowest BCUT2D eigenvalue weighted by atomic mass is 9.65. The van der Waals surface area contributed by atoms with E-state index in [1.54, 1.807) is 6.07 Å². The maximum Gasteiger partial charge on any atom is 0.125 e. The minimum Gasteiger partial charge on any atom is -0.394 e. The summed E-state index contributed by atoms with van der Waals surface area (Å²) in [5, 5.41) is 13.5. The van der Waals surface area contributed by atoms with Gasteiger partial charge in [-0.25, -0.2) is 4.39 Å². The van der Waals surface area contributed by atoms with Crippen molar-refractivity contribution in [3.8, 4) is 0 Å². The molecule has 3 unspecified atom stereocenters. The van der Waals surface area contributed by atoms with E-state index >= 15 is 0 Å². The summed E-state index contributed by atoms with van der Waals surface area (Å²) in [6, 6.07) is 6.53. The van der Waals surface area contributed by atoms with Crippen molar-refractivity contribution in [2.75, 3.05) is 11.9 Å². The Balaban J connectivity index is 2.29. The molecule has 1 aromatic rings. The van der Waals surface area contributed by atoms with E-state index in [-0.39, 0.29) is 18.0 Å². The molecule has 3 atom stereocenters. The second-order valence-corrected chi connectivity index (χ2v) is 6.69. The third-order valence-electron chi connectivity index (χ3n) is 4.70. The van der Waals surface area contributed by atoms with Gasteiger partial charge in [-0.05, 0) is 48.8 Å². The molecule has 20 heavy (non-hydrogen) atoms. The molecule has 2 N–H and O–H groups in total. The van der Waals surface area contributed by atoms with Crippen molar-refractivity contribution in [1.82, 2.24) is 0 Å². The summed E-state index contributed by atoms with van der Waals surface area (Å²) < 4.78 is 13.4. The molecule has 1 aliphatic carbocycles. The molecule has 0 radical (unpaired) electrons. The van der Waals surface area contributed by atoms with Gasteiger partial charge in [0.2, 0.25) is 0 Å². The quantitative estimate of drug-likeness (QED) is 0.871. The molecule has 112 valence electrons. The van der Waals surface area contributed by atoms with Crippen LogP contribution in [-0.2, 0) is 0 Å². The highest BCUT2D eigenvalue weighted by molar-refractivity contribution is 5.46. The van der Waals surface area contributed by atoms with Crippen molar-refractivity contribution in [3.05, 3.63) is 30.1 Å². The molecular formula is C17H26FNO. The molecule has 2 rings (SSSR count). The molecule has 0 bridgehead atoms. The van der Waals surface area contributed by atoms with Gasteiger partial charge < -0.3 is 10.4 Å². The average Bonchev–Trinajstić information content (AvgIpc) is 2.38. The van der Waals surface area contributed by atoms with Gasteiger partial charge in [0.05, 0.1) is 12.1 Å². The number of hydrogen-bond donors (Lipinski definition) is 2. The number of aliphatic hydroxyl groups excluding tert-OH is 1. The van der Waals surface area contributed by atoms with Gasteiger partial charge in [-0.2, -0.15) is 0 Å². The van der Waals surface area contributed by atoms with E-state index in [2.05, 4.69) is 26.1 Å². The minimum atomic E-state index is -0.334. The van der Waals surface area contributed by atoms with Crippen LogP contribution >= 0.6 is 0 Å². The first kappa shape index (κ1) is 15.3. The first-order valence-corrected chi connectivity index (χ1v) is 7.61. The molecule has 0 aliphatic heterocycles. The first-order chi connectivity index (χ1) is 9.47. The lowest BCUT2D eigenvalue weighted by Gasteiger charge is -2.48. The topological polar surface area (TPSA) is 32.3 Å². The summed E-state index contributed by atoms with van der Waals surface area (Å²) in [4.78, 5) is 0. The number of hydrogen-bond acceptors (Lipinski definition) is 2. The fourth-order valence-corrected chi connectivity index (χ4v) is 3.81. The predicted octanol–water partition coefficient (Wildman–Crippen LogP) is 4.06. The predicted molar refractivity (Wildman–Crippen MR) is 81.2 cm³/mol. The Morgan fingerprint density at radius 3 is 2.75 bits per heavy atom. The van der Waals surface area contributed by atoms with Crippen LogP contribution in [0.15, 0.2) is 24.3 Å². The van der Waals surface area contributed by atoms with E-state index in [1.165, 1.54) is 18.6 Å². The summed E-state index contributed by atoms with van der Waals surface area (Å²) in [7, 11) is 0. The zero-order valence-electron chi connectivity index (χ0n) is 12.7. The van der Waals surface area contributed by atoms with Gasteiger partial charge in [-0.1, -0.05) is 33.3 Å². The van der Waals surface area contributed by atoms with Gasteiger partial charge in [0.1, 0.15) is 5.82 Å². The number of anilines is 1. The summed E-state index contributed by atoms with van der Waals surface area (Å²) in [6.45, 7) is 6.74. The molecule has 1 saturated carbocycles. The summed E-state index contributed by atoms with van der Waals surface area (Å²) >= 11 is 0. The Hall–Kier alpha value is -1.09. The fourth-order valence-electron chi connectivity index (χ4n) is 3.81. The number of rotatable bonds is 4. The molecule has 0 spiro atoms. The van der Waals surface area contributed by atoms with Crippen molar-refractivity contribution in [3.63, 3.8) is 0 Å². The molecule has 2 nitrogen and oxygen atoms in total. The number of benzene rings is 1. The van der Waals surface area contributed by atoms with Gasteiger partial charge >= 0.3 is 0 Å². The molecule has 3 heteroatoms. The largest absolute Gasteiger partial charge is 0.394 e. The van der Waals surface area contributed by atoms with E-state index in [0.29, 0.717) is 17.8 Å². The fraction of sp³-hybridized carbons (Fsp3) is 0.647. The highest BCUT2D eigenvalue weighted by Crippen LogP contribution is 2.42. The van der Waals surface area contributed by atoms with Gasteiger partial charge in [0, 0.05) is 5.69 Å². The maximum absolute atomic E-state index is 13.4. The molecule has 0 aromatic heterocycles. The minimum absolute atomic E-state index is 0.0939. The third-order valence-corrected chi connectivity index (χ3v) is 4.70. The summed E-state index contributed by atoms with van der Waals surface area (Å²) in [5.41, 5.74) is 0.429. The monoisotopic (exact) mass is 279 g/mol. The van der Waals surface area contributed by atoms with E-state index < -0.39 is 0 Å². The van der Waals surface area contributed by atoms with Crippen LogP contribution < -0.4 is 5.32 Å². The Morgan fingerprint density at radius 1 is 1.40 bits per heavy atom. The number of nitrogens with one attached hydrogen (secondary N) is 1. The van der Waals surface area contributed by atoms with Gasteiger partial charge in [-0.15, -0.1) is 0 Å². The van der Waals surface area contributed by atoms with Crippen molar-refractivity contribution in [2.24, 2.45) is 17.8 Å². The van der Waals surface area contributed by atoms with Crippen LogP contribution in [0.4, 0.5) is 10.1 Å². The summed E-state index contributed by atoms with van der Waals surface area (Å²) in [5.74, 6) is 1.24. The molecule has 1 aromatic carbocycles. The van der Waals surface area contributed by atoms with Gasteiger partial charge in [0.15, 0.2) is 0 Å². The summed E-state index contributed by atoms with van der Waals surface area (Å²) in [6.07, 6.45) is 3.25. The second kappa shape index (κ2) is 6.13. The van der Waals surface area contributed by atoms with Crippen LogP contribution in [0.5, 0.6) is 0 Å². The van der Waals surface area contributed by atoms with Crippen LogP contribution in [0.3, 0.4) is 0 Å². The van der Waals surface area contributed by atoms with Crippen LogP contribution in [0.25, 0.3) is 0 Å². The van der Waals surface area contributed by atoms with Crippen LogP contribution in [-0.4, -0.2) is 17.3 Å². The normalized spacial score (nSPS) is 30.5. The molecule has 1 fully saturated rings. The van der Waals surface area contributed by atoms with E-state index in [1.807, 2.05) is 6.07 Å². The lowest BCUT2D eigenvalue weighted by molar-refractivity contribution is 0.0685. The highest BCUT2D eigenvalue weighted by atomic mass is 19.1. The van der Waals surface area contributed by atoms with Gasteiger partial charge in [-0.3, -0.25) is 0 Å². The average molecular weight is 279 g/mol. The molecule has 0 heterocycles. The van der Waals surface area contributed by atoms with Crippen LogP contribution in [0.1, 0.15) is 40.0 Å². The Morgan fingerprint density at radius 2 is 2.15 bits per heavy atom. The van der Waals surface area contributed by atoms with Crippen LogP contribution in [0.2, 0.25) is 0 Å². The third kappa shape index (κ3) is 3.14. The zero-order valence-corrected chi connectivity index (χ0v) is 12.7. The van der Waals surface area contributed by atoms with Crippen molar-refractivity contribution < 1.29 is 9.50 Å². The standard InChI is InChI=1S/C17H26FNO/c1-12(2)16-8-7-13(3)10-17(16,11-20)19-15-6-4-5-14(18)9-15/h4-6,9,12-13,16,19-20H,7-8,10-11H2,1-3H3. The first-order valence-electron chi connectivity index (χ1n) is 7.61. The van der Waals surface area contributed by atoms with Gasteiger partial charge in [0.25, 0.3) is 0 Å². The van der Waals surface area contributed by atoms with Crippen molar-refractivity contribution >= 4 is 5.69 Å². The van der Waals surface area contributed by atoms with Crippen molar-refractivity contribution in [1.29, 1.82) is 0 Å². The van der Waals surface area contributed by atoms with Crippen LogP contribution in [0, 0.1) is 23.6 Å². The maximum atomic E-state index is 13.4.